The Morgan fingerprint density at radius 3 is 2.96 bits per heavy atom. The van der Waals surface area contributed by atoms with Gasteiger partial charge in [-0.15, -0.1) is 11.3 Å². The summed E-state index contributed by atoms with van der Waals surface area (Å²) in [6, 6.07) is 9.53. The van der Waals surface area contributed by atoms with Gasteiger partial charge in [-0.1, -0.05) is 12.1 Å². The van der Waals surface area contributed by atoms with Gasteiger partial charge in [0, 0.05) is 17.8 Å². The first kappa shape index (κ1) is 17.4. The Morgan fingerprint density at radius 1 is 1.36 bits per heavy atom. The molecule has 1 aromatic heterocycles. The van der Waals surface area contributed by atoms with Crippen LogP contribution in [0.3, 0.4) is 0 Å². The number of benzene rings is 1. The molecule has 2 N–H and O–H groups in total. The van der Waals surface area contributed by atoms with Crippen molar-refractivity contribution in [2.45, 2.75) is 25.8 Å². The largest absolute Gasteiger partial charge is 0.497 e. The minimum atomic E-state index is -0.504. The Balaban J connectivity index is 1.60. The number of methoxy groups -OCH3 is 1. The molecule has 0 atom stereocenters. The molecule has 0 bridgehead atoms. The van der Waals surface area contributed by atoms with Gasteiger partial charge in [0.1, 0.15) is 5.75 Å². The van der Waals surface area contributed by atoms with Crippen LogP contribution in [0.1, 0.15) is 32.1 Å². The zero-order valence-electron chi connectivity index (χ0n) is 13.9. The van der Waals surface area contributed by atoms with Crippen molar-refractivity contribution in [2.24, 2.45) is 0 Å². The van der Waals surface area contributed by atoms with E-state index in [0.29, 0.717) is 30.8 Å². The summed E-state index contributed by atoms with van der Waals surface area (Å²) >= 11 is 1.33. The van der Waals surface area contributed by atoms with Gasteiger partial charge in [-0.3, -0.25) is 14.8 Å². The van der Waals surface area contributed by atoms with Crippen LogP contribution in [0.4, 0.5) is 0 Å². The van der Waals surface area contributed by atoms with Gasteiger partial charge >= 0.3 is 0 Å². The molecular weight excluding hydrogens is 340 g/mol. The number of thiophene rings is 1. The van der Waals surface area contributed by atoms with E-state index in [-0.39, 0.29) is 5.91 Å². The van der Waals surface area contributed by atoms with E-state index in [1.54, 1.807) is 18.7 Å². The first-order valence-electron chi connectivity index (χ1n) is 8.07. The number of fused-ring (bicyclic) bond motifs is 1. The molecule has 1 aliphatic rings. The molecular formula is C18H20N2O4S. The number of nitrogens with one attached hydrogen (secondary N) is 1. The highest BCUT2D eigenvalue weighted by Gasteiger charge is 2.24. The summed E-state index contributed by atoms with van der Waals surface area (Å²) in [4.78, 5) is 27.3. The third kappa shape index (κ3) is 4.00. The third-order valence-electron chi connectivity index (χ3n) is 4.32. The van der Waals surface area contributed by atoms with Crippen molar-refractivity contribution >= 4 is 23.2 Å². The smallest absolute Gasteiger partial charge is 0.284 e. The van der Waals surface area contributed by atoms with E-state index in [2.05, 4.69) is 0 Å². The van der Waals surface area contributed by atoms with Crippen molar-refractivity contribution in [2.75, 3.05) is 13.7 Å². The highest BCUT2D eigenvalue weighted by atomic mass is 32.1. The van der Waals surface area contributed by atoms with E-state index in [1.807, 2.05) is 29.2 Å². The fraction of sp³-hybridized carbons (Fsp3) is 0.333. The second-order valence-electron chi connectivity index (χ2n) is 5.92. The van der Waals surface area contributed by atoms with Gasteiger partial charge < -0.3 is 9.64 Å². The van der Waals surface area contributed by atoms with Crippen molar-refractivity contribution in [1.29, 1.82) is 0 Å². The average Bonchev–Trinajstić information content (AvgIpc) is 3.08. The van der Waals surface area contributed by atoms with Crippen LogP contribution in [0, 0.1) is 0 Å². The Hall–Kier alpha value is -2.38. The Labute approximate surface area is 150 Å². The summed E-state index contributed by atoms with van der Waals surface area (Å²) in [5, 5.41) is 8.74. The number of nitrogens with zero attached hydrogens (tertiary/aromatic N) is 1. The van der Waals surface area contributed by atoms with Gasteiger partial charge in [0.2, 0.25) is 5.91 Å². The number of hydrogen-bond donors (Lipinski definition) is 2. The average molecular weight is 360 g/mol. The van der Waals surface area contributed by atoms with Gasteiger partial charge in [-0.25, -0.2) is 5.48 Å². The standard InChI is InChI=1S/C18H20N2O4S/c1-24-14-4-2-3-12(9-14)5-6-17(21)20-8-7-13-10-15(18(22)19-23)25-16(13)11-20/h2-4,9-10,23H,5-8,11H2,1H3,(H,19,22). The second-order valence-corrected chi connectivity index (χ2v) is 7.05. The van der Waals surface area contributed by atoms with Crippen LogP contribution in [-0.2, 0) is 24.2 Å². The minimum absolute atomic E-state index is 0.107. The highest BCUT2D eigenvalue weighted by Crippen LogP contribution is 2.28. The number of hydrogen-bond acceptors (Lipinski definition) is 5. The van der Waals surface area contributed by atoms with E-state index >= 15 is 0 Å². The summed E-state index contributed by atoms with van der Waals surface area (Å²) in [6.45, 7) is 1.18. The first-order chi connectivity index (χ1) is 12.1. The molecule has 1 aliphatic heterocycles. The molecule has 0 unspecified atom stereocenters. The summed E-state index contributed by atoms with van der Waals surface area (Å²) in [6.07, 6.45) is 1.84. The molecule has 25 heavy (non-hydrogen) atoms. The van der Waals surface area contributed by atoms with Crippen molar-refractivity contribution in [3.05, 3.63) is 51.2 Å². The molecule has 0 fully saturated rings. The van der Waals surface area contributed by atoms with Gasteiger partial charge in [0.25, 0.3) is 5.91 Å². The first-order valence-corrected chi connectivity index (χ1v) is 8.89. The summed E-state index contributed by atoms with van der Waals surface area (Å²) in [7, 11) is 1.63. The topological polar surface area (TPSA) is 78.9 Å². The summed E-state index contributed by atoms with van der Waals surface area (Å²) in [5.41, 5.74) is 3.81. The van der Waals surface area contributed by atoms with Crippen LogP contribution in [0.15, 0.2) is 30.3 Å². The molecule has 2 amide bonds. The molecule has 0 saturated carbocycles. The van der Waals surface area contributed by atoms with E-state index in [4.69, 9.17) is 9.94 Å². The lowest BCUT2D eigenvalue weighted by molar-refractivity contribution is -0.132. The predicted molar refractivity (Wildman–Crippen MR) is 94.0 cm³/mol. The lowest BCUT2D eigenvalue weighted by Gasteiger charge is -2.27. The quantitative estimate of drug-likeness (QED) is 0.634. The molecule has 1 aromatic carbocycles. The van der Waals surface area contributed by atoms with Crippen molar-refractivity contribution < 1.29 is 19.5 Å². The molecule has 7 heteroatoms. The van der Waals surface area contributed by atoms with Crippen LogP contribution in [-0.4, -0.2) is 35.6 Å². The van der Waals surface area contributed by atoms with Crippen LogP contribution in [0.25, 0.3) is 0 Å². The third-order valence-corrected chi connectivity index (χ3v) is 5.48. The fourth-order valence-electron chi connectivity index (χ4n) is 2.94. The molecule has 132 valence electrons. The minimum Gasteiger partial charge on any atom is -0.497 e. The maximum Gasteiger partial charge on any atom is 0.284 e. The maximum absolute atomic E-state index is 12.5. The zero-order valence-corrected chi connectivity index (χ0v) is 14.8. The SMILES string of the molecule is COc1cccc(CCC(=O)N2CCc3cc(C(=O)NO)sc3C2)c1. The van der Waals surface area contributed by atoms with Gasteiger partial charge in [0.15, 0.2) is 0 Å². The molecule has 0 spiro atoms. The molecule has 6 nitrogen and oxygen atoms in total. The number of carbonyl (C=O) groups is 2. The lowest BCUT2D eigenvalue weighted by Crippen LogP contribution is -2.35. The van der Waals surface area contributed by atoms with Gasteiger partial charge in [0.05, 0.1) is 18.5 Å². The summed E-state index contributed by atoms with van der Waals surface area (Å²) in [5.74, 6) is 0.395. The van der Waals surface area contributed by atoms with Crippen LogP contribution in [0.5, 0.6) is 5.75 Å². The van der Waals surface area contributed by atoms with E-state index in [1.165, 1.54) is 11.3 Å². The molecule has 2 heterocycles. The lowest BCUT2D eigenvalue weighted by atomic mass is 10.1. The monoisotopic (exact) mass is 360 g/mol. The Kier molecular flexibility index (Phi) is 5.35. The molecule has 2 aromatic rings. The molecule has 0 radical (unpaired) electrons. The molecule has 0 aliphatic carbocycles. The van der Waals surface area contributed by atoms with Gasteiger partial charge in [-0.2, -0.15) is 0 Å². The number of ether oxygens (including phenoxy) is 1. The number of hydroxylamine groups is 1. The van der Waals surface area contributed by atoms with E-state index in [0.717, 1.165) is 28.2 Å². The van der Waals surface area contributed by atoms with Crippen molar-refractivity contribution in [3.63, 3.8) is 0 Å². The Morgan fingerprint density at radius 2 is 2.20 bits per heavy atom. The summed E-state index contributed by atoms with van der Waals surface area (Å²) < 4.78 is 5.20. The van der Waals surface area contributed by atoms with E-state index in [9.17, 15) is 9.59 Å². The maximum atomic E-state index is 12.5. The number of carbonyl (C=O) groups excluding carboxylic acids is 2. The highest BCUT2D eigenvalue weighted by molar-refractivity contribution is 7.14. The Bertz CT molecular complexity index is 787. The normalized spacial score (nSPS) is 13.3. The van der Waals surface area contributed by atoms with Crippen LogP contribution in [0.2, 0.25) is 0 Å². The van der Waals surface area contributed by atoms with Crippen LogP contribution >= 0.6 is 11.3 Å². The molecule has 3 rings (SSSR count). The van der Waals surface area contributed by atoms with Gasteiger partial charge in [-0.05, 0) is 42.2 Å². The van der Waals surface area contributed by atoms with Crippen molar-refractivity contribution in [1.82, 2.24) is 10.4 Å². The number of amides is 2. The predicted octanol–water partition coefficient (Wildman–Crippen LogP) is 2.39. The number of rotatable bonds is 5. The van der Waals surface area contributed by atoms with Crippen LogP contribution < -0.4 is 10.2 Å². The van der Waals surface area contributed by atoms with Crippen molar-refractivity contribution in [3.8, 4) is 5.75 Å². The zero-order chi connectivity index (χ0) is 17.8. The fourth-order valence-corrected chi connectivity index (χ4v) is 4.05. The number of aryl methyl sites for hydroxylation is 1. The second kappa shape index (κ2) is 7.67. The molecule has 0 saturated heterocycles. The van der Waals surface area contributed by atoms with E-state index < -0.39 is 5.91 Å².